The molecular weight excluding hydrogens is 270 g/mol. The molecule has 0 bridgehead atoms. The van der Waals surface area contributed by atoms with E-state index in [4.69, 9.17) is 9.26 Å². The number of urea groups is 1. The first kappa shape index (κ1) is 15.8. The molecule has 118 valence electrons. The molecule has 2 rings (SSSR count). The van der Waals surface area contributed by atoms with E-state index in [1.54, 1.807) is 4.90 Å². The Bertz CT molecular complexity index is 486. The van der Waals surface area contributed by atoms with Gasteiger partial charge in [0, 0.05) is 12.6 Å². The number of aromatic nitrogens is 1. The zero-order valence-electron chi connectivity index (χ0n) is 13.3. The molecule has 6 heteroatoms. The second kappa shape index (κ2) is 6.47. The van der Waals surface area contributed by atoms with E-state index in [1.807, 2.05) is 13.0 Å². The average Bonchev–Trinajstić information content (AvgIpc) is 2.94. The van der Waals surface area contributed by atoms with Gasteiger partial charge in [-0.05, 0) is 19.3 Å². The van der Waals surface area contributed by atoms with Gasteiger partial charge in [0.15, 0.2) is 5.76 Å². The largest absolute Gasteiger partial charge is 0.372 e. The Kier molecular flexibility index (Phi) is 4.88. The van der Waals surface area contributed by atoms with E-state index >= 15 is 0 Å². The lowest BCUT2D eigenvalue weighted by Gasteiger charge is -2.39. The number of carbonyl (C=O) groups excluding carboxylic acids is 1. The van der Waals surface area contributed by atoms with Crippen molar-refractivity contribution in [2.24, 2.45) is 0 Å². The Morgan fingerprint density at radius 2 is 2.33 bits per heavy atom. The summed E-state index contributed by atoms with van der Waals surface area (Å²) in [5, 5.41) is 6.86. The van der Waals surface area contributed by atoms with E-state index in [0.29, 0.717) is 37.9 Å². The van der Waals surface area contributed by atoms with Gasteiger partial charge in [0.2, 0.25) is 0 Å². The third kappa shape index (κ3) is 3.97. The van der Waals surface area contributed by atoms with Crippen LogP contribution in [-0.2, 0) is 11.3 Å². The van der Waals surface area contributed by atoms with Gasteiger partial charge in [-0.3, -0.25) is 0 Å². The topological polar surface area (TPSA) is 67.6 Å². The van der Waals surface area contributed by atoms with Crippen LogP contribution in [0.5, 0.6) is 0 Å². The Morgan fingerprint density at radius 1 is 1.57 bits per heavy atom. The lowest BCUT2D eigenvalue weighted by molar-refractivity contribution is -0.0873. The van der Waals surface area contributed by atoms with E-state index in [9.17, 15) is 4.79 Å². The van der Waals surface area contributed by atoms with Gasteiger partial charge in [-0.2, -0.15) is 0 Å². The molecule has 0 aromatic carbocycles. The number of ether oxygens (including phenoxy) is 1. The first-order valence-electron chi connectivity index (χ1n) is 7.56. The summed E-state index contributed by atoms with van der Waals surface area (Å²) in [4.78, 5) is 14.0. The molecule has 0 spiro atoms. The van der Waals surface area contributed by atoms with Gasteiger partial charge < -0.3 is 19.5 Å². The highest BCUT2D eigenvalue weighted by atomic mass is 16.5. The van der Waals surface area contributed by atoms with Crippen LogP contribution in [0.25, 0.3) is 0 Å². The van der Waals surface area contributed by atoms with Crippen molar-refractivity contribution >= 4 is 6.03 Å². The van der Waals surface area contributed by atoms with Gasteiger partial charge in [-0.1, -0.05) is 25.9 Å². The van der Waals surface area contributed by atoms with Crippen molar-refractivity contribution in [2.45, 2.75) is 52.2 Å². The van der Waals surface area contributed by atoms with Crippen LogP contribution in [0.4, 0.5) is 4.79 Å². The third-order valence-corrected chi connectivity index (χ3v) is 3.95. The van der Waals surface area contributed by atoms with Gasteiger partial charge in [-0.15, -0.1) is 0 Å². The summed E-state index contributed by atoms with van der Waals surface area (Å²) in [6.07, 6.45) is 0.886. The van der Waals surface area contributed by atoms with Crippen molar-refractivity contribution in [3.05, 3.63) is 17.5 Å². The van der Waals surface area contributed by atoms with Gasteiger partial charge >= 0.3 is 6.03 Å². The average molecular weight is 295 g/mol. The summed E-state index contributed by atoms with van der Waals surface area (Å²) in [7, 11) is 0. The predicted molar refractivity (Wildman–Crippen MR) is 79.0 cm³/mol. The van der Waals surface area contributed by atoms with E-state index in [1.165, 1.54) is 0 Å². The number of nitrogens with zero attached hydrogens (tertiary/aromatic N) is 2. The molecule has 1 unspecified atom stereocenters. The van der Waals surface area contributed by atoms with Crippen LogP contribution in [-0.4, -0.2) is 41.4 Å². The maximum absolute atomic E-state index is 12.2. The zero-order chi connectivity index (χ0) is 15.5. The standard InChI is InChI=1S/C15H25N3O3/c1-5-15(4)10-18(6-7-20-15)14(19)16-9-12-8-13(11(2)3)17-21-12/h8,11H,5-7,9-10H2,1-4H3,(H,16,19). The van der Waals surface area contributed by atoms with Crippen molar-refractivity contribution in [3.8, 4) is 0 Å². The van der Waals surface area contributed by atoms with Gasteiger partial charge in [-0.25, -0.2) is 4.79 Å². The molecule has 1 fully saturated rings. The number of carbonyl (C=O) groups is 1. The highest BCUT2D eigenvalue weighted by molar-refractivity contribution is 5.74. The maximum atomic E-state index is 12.2. The van der Waals surface area contributed by atoms with Crippen molar-refractivity contribution in [1.82, 2.24) is 15.4 Å². The van der Waals surface area contributed by atoms with Gasteiger partial charge in [0.05, 0.1) is 31.0 Å². The highest BCUT2D eigenvalue weighted by Crippen LogP contribution is 2.21. The molecule has 1 aliphatic rings. The van der Waals surface area contributed by atoms with Crippen molar-refractivity contribution in [2.75, 3.05) is 19.7 Å². The molecule has 1 aliphatic heterocycles. The fraction of sp³-hybridized carbons (Fsp3) is 0.733. The fourth-order valence-corrected chi connectivity index (χ4v) is 2.28. The third-order valence-electron chi connectivity index (χ3n) is 3.95. The van der Waals surface area contributed by atoms with Crippen molar-refractivity contribution in [3.63, 3.8) is 0 Å². The van der Waals surface area contributed by atoms with Crippen LogP contribution in [0.15, 0.2) is 10.6 Å². The lowest BCUT2D eigenvalue weighted by Crippen LogP contribution is -2.54. The number of amides is 2. The minimum absolute atomic E-state index is 0.0829. The Labute approximate surface area is 125 Å². The highest BCUT2D eigenvalue weighted by Gasteiger charge is 2.32. The maximum Gasteiger partial charge on any atom is 0.317 e. The number of hydrogen-bond donors (Lipinski definition) is 1. The van der Waals surface area contributed by atoms with Gasteiger partial charge in [0.25, 0.3) is 0 Å². The molecule has 6 nitrogen and oxygen atoms in total. The number of hydrogen-bond acceptors (Lipinski definition) is 4. The van der Waals surface area contributed by atoms with E-state index in [2.05, 4.69) is 31.2 Å². The normalized spacial score (nSPS) is 22.6. The molecule has 21 heavy (non-hydrogen) atoms. The lowest BCUT2D eigenvalue weighted by atomic mass is 10.0. The molecule has 0 saturated carbocycles. The molecule has 1 saturated heterocycles. The summed E-state index contributed by atoms with van der Waals surface area (Å²) in [5.41, 5.74) is 0.663. The van der Waals surface area contributed by atoms with Crippen LogP contribution in [0.1, 0.15) is 51.5 Å². The molecule has 1 aromatic rings. The molecular formula is C15H25N3O3. The number of nitrogens with one attached hydrogen (secondary N) is 1. The van der Waals surface area contributed by atoms with E-state index in [0.717, 1.165) is 12.1 Å². The smallest absolute Gasteiger partial charge is 0.317 e. The second-order valence-electron chi connectivity index (χ2n) is 6.10. The van der Waals surface area contributed by atoms with Crippen LogP contribution in [0.3, 0.4) is 0 Å². The van der Waals surface area contributed by atoms with Crippen LogP contribution in [0.2, 0.25) is 0 Å². The Hall–Kier alpha value is -1.56. The molecule has 1 atom stereocenters. The molecule has 1 aromatic heterocycles. The van der Waals surface area contributed by atoms with Crippen molar-refractivity contribution in [1.29, 1.82) is 0 Å². The van der Waals surface area contributed by atoms with Crippen LogP contribution < -0.4 is 5.32 Å². The Balaban J connectivity index is 1.86. The number of morpholine rings is 1. The fourth-order valence-electron chi connectivity index (χ4n) is 2.28. The minimum Gasteiger partial charge on any atom is -0.372 e. The monoisotopic (exact) mass is 295 g/mol. The Morgan fingerprint density at radius 3 is 2.95 bits per heavy atom. The van der Waals surface area contributed by atoms with E-state index in [-0.39, 0.29) is 11.6 Å². The van der Waals surface area contributed by atoms with Crippen LogP contribution >= 0.6 is 0 Å². The zero-order valence-corrected chi connectivity index (χ0v) is 13.3. The first-order chi connectivity index (χ1) is 9.93. The quantitative estimate of drug-likeness (QED) is 0.926. The molecule has 0 radical (unpaired) electrons. The molecule has 1 N–H and O–H groups in total. The van der Waals surface area contributed by atoms with E-state index < -0.39 is 0 Å². The molecule has 2 amide bonds. The molecule has 0 aliphatic carbocycles. The van der Waals surface area contributed by atoms with Gasteiger partial charge in [0.1, 0.15) is 0 Å². The first-order valence-corrected chi connectivity index (χ1v) is 7.56. The number of rotatable bonds is 4. The summed E-state index contributed by atoms with van der Waals surface area (Å²) in [5.74, 6) is 1.00. The summed E-state index contributed by atoms with van der Waals surface area (Å²) in [6, 6.07) is 1.81. The summed E-state index contributed by atoms with van der Waals surface area (Å²) >= 11 is 0. The summed E-state index contributed by atoms with van der Waals surface area (Å²) < 4.78 is 11.0. The minimum atomic E-state index is -0.243. The SMILES string of the molecule is CCC1(C)CN(C(=O)NCc2cc(C(C)C)no2)CCO1. The van der Waals surface area contributed by atoms with Crippen molar-refractivity contribution < 1.29 is 14.1 Å². The second-order valence-corrected chi connectivity index (χ2v) is 6.10. The predicted octanol–water partition coefficient (Wildman–Crippen LogP) is 2.51. The van der Waals surface area contributed by atoms with Crippen LogP contribution in [0, 0.1) is 0 Å². The molecule has 2 heterocycles. The summed E-state index contributed by atoms with van der Waals surface area (Å²) in [6.45, 7) is 10.4.